The van der Waals surface area contributed by atoms with E-state index < -0.39 is 0 Å². The van der Waals surface area contributed by atoms with Crippen molar-refractivity contribution < 1.29 is 4.79 Å². The number of hydrogen-bond acceptors (Lipinski definition) is 5. The highest BCUT2D eigenvalue weighted by Gasteiger charge is 2.28. The van der Waals surface area contributed by atoms with E-state index in [1.807, 2.05) is 41.7 Å². The Kier molecular flexibility index (Phi) is 5.82. The minimum Gasteiger partial charge on any atom is -0.341 e. The molecule has 1 saturated heterocycles. The molecule has 1 amide bonds. The van der Waals surface area contributed by atoms with Crippen LogP contribution >= 0.6 is 11.8 Å². The zero-order valence-corrected chi connectivity index (χ0v) is 14.6. The molecule has 0 bridgehead atoms. The number of benzene rings is 1. The number of aromatic nitrogens is 2. The van der Waals surface area contributed by atoms with Gasteiger partial charge in [0.2, 0.25) is 5.91 Å². The van der Waals surface area contributed by atoms with Gasteiger partial charge in [-0.15, -0.1) is 0 Å². The molecule has 2 heterocycles. The van der Waals surface area contributed by atoms with Crippen LogP contribution in [0.5, 0.6) is 0 Å². The molecule has 1 fully saturated rings. The van der Waals surface area contributed by atoms with Crippen LogP contribution in [0.4, 0.5) is 0 Å². The standard InChI is InChI=1S/C18H22N4OS/c1-24-18-20-11-15(12-21-18)10-19-16-9-17(23)22(13-16)8-7-14-5-3-2-4-6-14/h2-6,11-12,16,19H,7-10,13H2,1H3. The molecule has 1 aliphatic rings. The van der Waals surface area contributed by atoms with Crippen molar-refractivity contribution in [3.05, 3.63) is 53.9 Å². The first-order valence-electron chi connectivity index (χ1n) is 8.14. The smallest absolute Gasteiger partial charge is 0.224 e. The van der Waals surface area contributed by atoms with Crippen LogP contribution < -0.4 is 5.32 Å². The first kappa shape index (κ1) is 16.9. The molecule has 0 spiro atoms. The van der Waals surface area contributed by atoms with E-state index in [0.29, 0.717) is 13.0 Å². The molecule has 24 heavy (non-hydrogen) atoms. The van der Waals surface area contributed by atoms with Crippen molar-refractivity contribution in [2.75, 3.05) is 19.3 Å². The first-order chi connectivity index (χ1) is 11.7. The maximum Gasteiger partial charge on any atom is 0.224 e. The van der Waals surface area contributed by atoms with Crippen LogP contribution in [0.25, 0.3) is 0 Å². The molecule has 1 N–H and O–H groups in total. The van der Waals surface area contributed by atoms with E-state index in [1.165, 1.54) is 17.3 Å². The molecule has 126 valence electrons. The number of rotatable bonds is 7. The number of carbonyl (C=O) groups excluding carboxylic acids is 1. The molecule has 1 unspecified atom stereocenters. The second-order valence-corrected chi connectivity index (χ2v) is 6.71. The van der Waals surface area contributed by atoms with Gasteiger partial charge in [0.15, 0.2) is 5.16 Å². The molecule has 3 rings (SSSR count). The van der Waals surface area contributed by atoms with E-state index in [9.17, 15) is 4.79 Å². The summed E-state index contributed by atoms with van der Waals surface area (Å²) >= 11 is 1.53. The van der Waals surface area contributed by atoms with Crippen molar-refractivity contribution in [1.82, 2.24) is 20.2 Å². The van der Waals surface area contributed by atoms with Crippen molar-refractivity contribution >= 4 is 17.7 Å². The Morgan fingerprint density at radius 3 is 2.67 bits per heavy atom. The number of carbonyl (C=O) groups is 1. The third-order valence-electron chi connectivity index (χ3n) is 4.19. The molecule has 1 aromatic carbocycles. The van der Waals surface area contributed by atoms with Crippen LogP contribution in [0.1, 0.15) is 17.5 Å². The van der Waals surface area contributed by atoms with E-state index in [0.717, 1.165) is 30.2 Å². The fourth-order valence-corrected chi connectivity index (χ4v) is 3.15. The summed E-state index contributed by atoms with van der Waals surface area (Å²) in [5.74, 6) is 0.234. The van der Waals surface area contributed by atoms with E-state index in [-0.39, 0.29) is 11.9 Å². The van der Waals surface area contributed by atoms with Gasteiger partial charge in [-0.25, -0.2) is 9.97 Å². The highest BCUT2D eigenvalue weighted by Crippen LogP contribution is 2.13. The van der Waals surface area contributed by atoms with E-state index in [1.54, 1.807) is 0 Å². The number of hydrogen-bond donors (Lipinski definition) is 1. The summed E-state index contributed by atoms with van der Waals surface area (Å²) < 4.78 is 0. The summed E-state index contributed by atoms with van der Waals surface area (Å²) in [6.07, 6.45) is 7.12. The Morgan fingerprint density at radius 2 is 1.96 bits per heavy atom. The van der Waals surface area contributed by atoms with Crippen LogP contribution in [-0.4, -0.2) is 46.2 Å². The zero-order chi connectivity index (χ0) is 16.8. The predicted molar refractivity (Wildman–Crippen MR) is 95.8 cm³/mol. The highest BCUT2D eigenvalue weighted by atomic mass is 32.2. The van der Waals surface area contributed by atoms with Crippen LogP contribution in [0, 0.1) is 0 Å². The topological polar surface area (TPSA) is 58.1 Å². The number of amides is 1. The van der Waals surface area contributed by atoms with Crippen molar-refractivity contribution in [3.63, 3.8) is 0 Å². The maximum absolute atomic E-state index is 12.2. The zero-order valence-electron chi connectivity index (χ0n) is 13.8. The van der Waals surface area contributed by atoms with Gasteiger partial charge in [0.25, 0.3) is 0 Å². The normalized spacial score (nSPS) is 17.5. The fourth-order valence-electron chi connectivity index (χ4n) is 2.84. The van der Waals surface area contributed by atoms with Gasteiger partial charge in [0, 0.05) is 50.1 Å². The molecule has 0 aliphatic carbocycles. The Balaban J connectivity index is 1.45. The lowest BCUT2D eigenvalue weighted by Gasteiger charge is -2.17. The number of likely N-dealkylation sites (tertiary alicyclic amines) is 1. The monoisotopic (exact) mass is 342 g/mol. The quantitative estimate of drug-likeness (QED) is 0.617. The summed E-state index contributed by atoms with van der Waals surface area (Å²) in [4.78, 5) is 22.7. The second-order valence-electron chi connectivity index (χ2n) is 5.94. The average Bonchev–Trinajstić information content (AvgIpc) is 2.99. The van der Waals surface area contributed by atoms with Crippen molar-refractivity contribution in [2.24, 2.45) is 0 Å². The van der Waals surface area contributed by atoms with Gasteiger partial charge >= 0.3 is 0 Å². The van der Waals surface area contributed by atoms with Gasteiger partial charge in [-0.3, -0.25) is 4.79 Å². The summed E-state index contributed by atoms with van der Waals surface area (Å²) in [5.41, 5.74) is 2.32. The van der Waals surface area contributed by atoms with E-state index in [2.05, 4.69) is 27.4 Å². The van der Waals surface area contributed by atoms with Crippen LogP contribution in [-0.2, 0) is 17.8 Å². The summed E-state index contributed by atoms with van der Waals surface area (Å²) in [5, 5.41) is 4.22. The molecular weight excluding hydrogens is 320 g/mol. The maximum atomic E-state index is 12.2. The Morgan fingerprint density at radius 1 is 1.21 bits per heavy atom. The van der Waals surface area contributed by atoms with Gasteiger partial charge in [0.1, 0.15) is 0 Å². The Bertz CT molecular complexity index is 662. The summed E-state index contributed by atoms with van der Waals surface area (Å²) in [7, 11) is 0. The molecule has 0 saturated carbocycles. The molecule has 1 aliphatic heterocycles. The van der Waals surface area contributed by atoms with Gasteiger partial charge in [0.05, 0.1) is 0 Å². The summed E-state index contributed by atoms with van der Waals surface area (Å²) in [6.45, 7) is 2.25. The highest BCUT2D eigenvalue weighted by molar-refractivity contribution is 7.98. The lowest BCUT2D eigenvalue weighted by molar-refractivity contribution is -0.127. The van der Waals surface area contributed by atoms with Crippen molar-refractivity contribution in [1.29, 1.82) is 0 Å². The molecule has 6 heteroatoms. The molecular formula is C18H22N4OS. The van der Waals surface area contributed by atoms with Gasteiger partial charge in [-0.05, 0) is 18.2 Å². The lowest BCUT2D eigenvalue weighted by atomic mass is 10.1. The number of nitrogens with one attached hydrogen (secondary N) is 1. The van der Waals surface area contributed by atoms with Crippen LogP contribution in [0.15, 0.2) is 47.9 Å². The van der Waals surface area contributed by atoms with Gasteiger partial charge < -0.3 is 10.2 Å². The average molecular weight is 342 g/mol. The second kappa shape index (κ2) is 8.26. The third-order valence-corrected chi connectivity index (χ3v) is 4.76. The lowest BCUT2D eigenvalue weighted by Crippen LogP contribution is -2.33. The van der Waals surface area contributed by atoms with Gasteiger partial charge in [-0.2, -0.15) is 0 Å². The number of thioether (sulfide) groups is 1. The van der Waals surface area contributed by atoms with E-state index >= 15 is 0 Å². The van der Waals surface area contributed by atoms with Crippen molar-refractivity contribution in [3.8, 4) is 0 Å². The van der Waals surface area contributed by atoms with Gasteiger partial charge in [-0.1, -0.05) is 42.1 Å². The molecule has 1 atom stereocenters. The predicted octanol–water partition coefficient (Wildman–Crippen LogP) is 2.13. The number of nitrogens with zero attached hydrogens (tertiary/aromatic N) is 3. The molecule has 2 aromatic rings. The SMILES string of the molecule is CSc1ncc(CNC2CC(=O)N(CCc3ccccc3)C2)cn1. The third kappa shape index (κ3) is 4.55. The van der Waals surface area contributed by atoms with Crippen LogP contribution in [0.3, 0.4) is 0 Å². The molecule has 0 radical (unpaired) electrons. The van der Waals surface area contributed by atoms with Crippen LogP contribution in [0.2, 0.25) is 0 Å². The minimum atomic E-state index is 0.202. The Labute approximate surface area is 146 Å². The van der Waals surface area contributed by atoms with E-state index in [4.69, 9.17) is 0 Å². The minimum absolute atomic E-state index is 0.202. The summed E-state index contributed by atoms with van der Waals surface area (Å²) in [6, 6.07) is 10.5. The molecule has 1 aromatic heterocycles. The Hall–Kier alpha value is -1.92. The molecule has 5 nitrogen and oxygen atoms in total. The van der Waals surface area contributed by atoms with Crippen molar-refractivity contribution in [2.45, 2.75) is 30.6 Å². The fraction of sp³-hybridized carbons (Fsp3) is 0.389. The largest absolute Gasteiger partial charge is 0.341 e. The first-order valence-corrected chi connectivity index (χ1v) is 9.37.